The Morgan fingerprint density at radius 2 is 2.71 bits per heavy atom. The molecule has 0 aliphatic carbocycles. The number of hydrogen-bond donors (Lipinski definition) is 0. The van der Waals surface area contributed by atoms with Crippen LogP contribution in [0.3, 0.4) is 0 Å². The van der Waals surface area contributed by atoms with E-state index in [4.69, 9.17) is 4.74 Å². The van der Waals surface area contributed by atoms with Gasteiger partial charge in [-0.05, 0) is 0 Å². The first kappa shape index (κ1) is 5.20. The van der Waals surface area contributed by atoms with Crippen molar-refractivity contribution in [2.24, 2.45) is 4.99 Å². The van der Waals surface area contributed by atoms with Crippen molar-refractivity contribution >= 4 is 15.5 Å². The van der Waals surface area contributed by atoms with E-state index in [0.29, 0.717) is 12.4 Å². The Kier molecular flexibility index (Phi) is 1.77. The van der Waals surface area contributed by atoms with Crippen molar-refractivity contribution < 1.29 is 4.74 Å². The van der Waals surface area contributed by atoms with Gasteiger partial charge in [0.2, 0.25) is 0 Å². The van der Waals surface area contributed by atoms with E-state index in [1.807, 2.05) is 0 Å². The summed E-state index contributed by atoms with van der Waals surface area (Å²) in [5.41, 5.74) is 0. The van der Waals surface area contributed by atoms with Crippen molar-refractivity contribution in [1.82, 2.24) is 0 Å². The molecule has 0 spiro atoms. The summed E-state index contributed by atoms with van der Waals surface area (Å²) >= 11 is 0. The Balaban J connectivity index is 2.36. The molecule has 1 aliphatic heterocycles. The molecule has 0 bridgehead atoms. The van der Waals surface area contributed by atoms with Crippen LogP contribution in [0.1, 0.15) is 0 Å². The zero-order valence-electron chi connectivity index (χ0n) is 4.00. The molecule has 40 valence electrons. The van der Waals surface area contributed by atoms with Crippen LogP contribution in [0.4, 0.5) is 0 Å². The fourth-order valence-electron chi connectivity index (χ4n) is 0.463. The molecule has 0 aromatic rings. The van der Waals surface area contributed by atoms with Crippen molar-refractivity contribution in [1.29, 1.82) is 0 Å². The molecule has 7 heavy (non-hydrogen) atoms. The molecule has 0 saturated heterocycles. The van der Waals surface area contributed by atoms with Gasteiger partial charge in [0, 0.05) is 6.21 Å². The zero-order chi connectivity index (χ0) is 5.11. The molecule has 2 atom stereocenters. The number of ether oxygens (including phenoxy) is 1. The van der Waals surface area contributed by atoms with Crippen molar-refractivity contribution in [3.8, 4) is 0 Å². The highest BCUT2D eigenvalue weighted by Gasteiger charge is 2.00. The normalized spacial score (nSPS) is 30.7. The predicted octanol–water partition coefficient (Wildman–Crippen LogP) is 0.289. The third-order valence-electron chi connectivity index (χ3n) is 0.778. The first-order valence-electron chi connectivity index (χ1n) is 2.24. The van der Waals surface area contributed by atoms with E-state index in [1.54, 1.807) is 6.21 Å². The molecular weight excluding hydrogens is 109 g/mol. The number of rotatable bonds is 0. The van der Waals surface area contributed by atoms with Crippen molar-refractivity contribution in [2.45, 2.75) is 5.78 Å². The molecule has 1 rings (SSSR count). The molecule has 0 saturated carbocycles. The SMILES string of the molecule is P[C@H]1COCC=N1. The summed E-state index contributed by atoms with van der Waals surface area (Å²) in [5, 5.41) is 0. The second-order valence-electron chi connectivity index (χ2n) is 1.44. The van der Waals surface area contributed by atoms with Gasteiger partial charge in [-0.15, -0.1) is 9.24 Å². The lowest BCUT2D eigenvalue weighted by Crippen LogP contribution is -2.13. The lowest BCUT2D eigenvalue weighted by atomic mass is 10.6. The average Bonchev–Trinajstić information content (AvgIpc) is 1.69. The third-order valence-corrected chi connectivity index (χ3v) is 1.14. The van der Waals surface area contributed by atoms with Gasteiger partial charge in [0.05, 0.1) is 19.0 Å². The fourth-order valence-corrected chi connectivity index (χ4v) is 0.721. The van der Waals surface area contributed by atoms with Crippen LogP contribution >= 0.6 is 9.24 Å². The summed E-state index contributed by atoms with van der Waals surface area (Å²) in [4.78, 5) is 4.04. The monoisotopic (exact) mass is 117 g/mol. The highest BCUT2D eigenvalue weighted by molar-refractivity contribution is 7.17. The molecule has 3 heteroatoms. The minimum Gasteiger partial charge on any atom is -0.373 e. The number of hydrogen-bond acceptors (Lipinski definition) is 2. The summed E-state index contributed by atoms with van der Waals surface area (Å²) in [5.74, 6) is 0.300. The Morgan fingerprint density at radius 3 is 3.00 bits per heavy atom. The minimum absolute atomic E-state index is 0.300. The summed E-state index contributed by atoms with van der Waals surface area (Å²) < 4.78 is 5.01. The quantitative estimate of drug-likeness (QED) is 0.418. The molecule has 0 aromatic heterocycles. The van der Waals surface area contributed by atoms with E-state index in [0.717, 1.165) is 6.61 Å². The Labute approximate surface area is 45.2 Å². The largest absolute Gasteiger partial charge is 0.373 e. The number of nitrogens with zero attached hydrogens (tertiary/aromatic N) is 1. The molecule has 1 unspecified atom stereocenters. The van der Waals surface area contributed by atoms with Gasteiger partial charge < -0.3 is 4.74 Å². The average molecular weight is 117 g/mol. The Bertz CT molecular complexity index is 83.8. The highest BCUT2D eigenvalue weighted by atomic mass is 31.0. The van der Waals surface area contributed by atoms with E-state index < -0.39 is 0 Å². The lowest BCUT2D eigenvalue weighted by molar-refractivity contribution is 0.167. The summed E-state index contributed by atoms with van der Waals surface area (Å²) in [6.45, 7) is 1.44. The van der Waals surface area contributed by atoms with Crippen molar-refractivity contribution in [2.75, 3.05) is 13.2 Å². The van der Waals surface area contributed by atoms with Gasteiger partial charge in [0.1, 0.15) is 0 Å². The van der Waals surface area contributed by atoms with E-state index in [-0.39, 0.29) is 0 Å². The van der Waals surface area contributed by atoms with Gasteiger partial charge in [0.15, 0.2) is 0 Å². The highest BCUT2D eigenvalue weighted by Crippen LogP contribution is 2.03. The summed E-state index contributed by atoms with van der Waals surface area (Å²) in [6.07, 6.45) is 1.79. The number of aliphatic imine (C=N–C) groups is 1. The maximum atomic E-state index is 5.01. The zero-order valence-corrected chi connectivity index (χ0v) is 5.16. The van der Waals surface area contributed by atoms with Crippen LogP contribution < -0.4 is 0 Å². The molecule has 1 heterocycles. The molecule has 0 N–H and O–H groups in total. The smallest absolute Gasteiger partial charge is 0.0864 e. The fraction of sp³-hybridized carbons (Fsp3) is 0.750. The standard InChI is InChI=1S/C4H8NOP/c7-4-3-6-2-1-5-4/h1,4H,2-3,7H2/t4-/m0/s1. The van der Waals surface area contributed by atoms with Gasteiger partial charge in [-0.1, -0.05) is 0 Å². The predicted molar refractivity (Wildman–Crippen MR) is 32.8 cm³/mol. The summed E-state index contributed by atoms with van der Waals surface area (Å²) in [6, 6.07) is 0. The van der Waals surface area contributed by atoms with Crippen LogP contribution in [0.2, 0.25) is 0 Å². The second kappa shape index (κ2) is 2.39. The summed E-state index contributed by atoms with van der Waals surface area (Å²) in [7, 11) is 2.58. The van der Waals surface area contributed by atoms with Gasteiger partial charge in [-0.3, -0.25) is 4.99 Å². The van der Waals surface area contributed by atoms with Crippen LogP contribution in [-0.2, 0) is 4.74 Å². The molecule has 0 radical (unpaired) electrons. The second-order valence-corrected chi connectivity index (χ2v) is 2.21. The van der Waals surface area contributed by atoms with E-state index >= 15 is 0 Å². The first-order valence-corrected chi connectivity index (χ1v) is 2.91. The Hall–Kier alpha value is 0.0600. The van der Waals surface area contributed by atoms with E-state index in [2.05, 4.69) is 14.2 Å². The molecule has 0 fully saturated rings. The topological polar surface area (TPSA) is 21.6 Å². The van der Waals surface area contributed by atoms with Crippen molar-refractivity contribution in [3.05, 3.63) is 0 Å². The molecular formula is C4H8NOP. The lowest BCUT2D eigenvalue weighted by Gasteiger charge is -2.09. The van der Waals surface area contributed by atoms with Gasteiger partial charge in [-0.25, -0.2) is 0 Å². The van der Waals surface area contributed by atoms with E-state index in [9.17, 15) is 0 Å². The van der Waals surface area contributed by atoms with Crippen LogP contribution in [0.5, 0.6) is 0 Å². The molecule has 2 nitrogen and oxygen atoms in total. The van der Waals surface area contributed by atoms with Crippen molar-refractivity contribution in [3.63, 3.8) is 0 Å². The minimum atomic E-state index is 0.300. The van der Waals surface area contributed by atoms with Crippen LogP contribution in [0.25, 0.3) is 0 Å². The van der Waals surface area contributed by atoms with Gasteiger partial charge >= 0.3 is 0 Å². The maximum absolute atomic E-state index is 5.01. The van der Waals surface area contributed by atoms with Crippen LogP contribution in [0.15, 0.2) is 4.99 Å². The first-order chi connectivity index (χ1) is 3.39. The third kappa shape index (κ3) is 1.54. The van der Waals surface area contributed by atoms with Gasteiger partial charge in [0.25, 0.3) is 0 Å². The van der Waals surface area contributed by atoms with Crippen LogP contribution in [0, 0.1) is 0 Å². The molecule has 0 amide bonds. The van der Waals surface area contributed by atoms with Gasteiger partial charge in [-0.2, -0.15) is 0 Å². The van der Waals surface area contributed by atoms with Crippen LogP contribution in [-0.4, -0.2) is 25.2 Å². The molecule has 0 aromatic carbocycles. The maximum Gasteiger partial charge on any atom is 0.0864 e. The molecule has 1 aliphatic rings. The van der Waals surface area contributed by atoms with E-state index in [1.165, 1.54) is 0 Å². The Morgan fingerprint density at radius 1 is 1.86 bits per heavy atom.